The topological polar surface area (TPSA) is 125 Å². The molecule has 1 saturated heterocycles. The van der Waals surface area contributed by atoms with E-state index in [-0.39, 0.29) is 30.5 Å². The lowest BCUT2D eigenvalue weighted by Gasteiger charge is -2.63. The van der Waals surface area contributed by atoms with Crippen LogP contribution in [-0.4, -0.2) is 77.3 Å². The highest BCUT2D eigenvalue weighted by Gasteiger charge is 2.75. The third-order valence-corrected chi connectivity index (χ3v) is 8.58. The number of hydrogen-bond acceptors (Lipinski definition) is 8. The maximum absolute atomic E-state index is 13.6. The average Bonchev–Trinajstić information content (AvgIpc) is 3.54. The summed E-state index contributed by atoms with van der Waals surface area (Å²) < 4.78 is 10.7. The molecule has 0 aromatic heterocycles. The smallest absolute Gasteiger partial charge is 0.325 e. The monoisotopic (exact) mass is 456 g/mol. The largest absolute Gasteiger partial charge is 0.504 e. The predicted molar refractivity (Wildman–Crippen MR) is 114 cm³/mol. The number of benzene rings is 1. The number of nitrogens with zero attached hydrogens (tertiary/aromatic N) is 1. The Morgan fingerprint density at radius 1 is 1.33 bits per heavy atom. The zero-order valence-corrected chi connectivity index (χ0v) is 18.5. The van der Waals surface area contributed by atoms with Crippen molar-refractivity contribution >= 4 is 17.7 Å². The van der Waals surface area contributed by atoms with Gasteiger partial charge in [0.05, 0.1) is 18.1 Å². The van der Waals surface area contributed by atoms with E-state index in [1.807, 2.05) is 6.07 Å². The number of likely N-dealkylation sites (tertiary alicyclic amines) is 1. The molecule has 1 aromatic rings. The van der Waals surface area contributed by atoms with Crippen molar-refractivity contribution in [3.05, 3.63) is 23.3 Å². The van der Waals surface area contributed by atoms with Gasteiger partial charge in [-0.25, -0.2) is 0 Å². The summed E-state index contributed by atoms with van der Waals surface area (Å²) in [5.74, 6) is -1.98. The van der Waals surface area contributed by atoms with Crippen molar-refractivity contribution in [1.29, 1.82) is 0 Å². The summed E-state index contributed by atoms with van der Waals surface area (Å²) in [6.45, 7) is 1.27. The number of ketones is 1. The quantitative estimate of drug-likeness (QED) is 0.419. The molecule has 1 amide bonds. The number of nitrogens with one attached hydrogen (secondary N) is 1. The maximum atomic E-state index is 13.6. The molecule has 9 nitrogen and oxygen atoms in total. The second-order valence-electron chi connectivity index (χ2n) is 10.2. The summed E-state index contributed by atoms with van der Waals surface area (Å²) in [5, 5.41) is 25.5. The molecule has 0 radical (unpaired) electrons. The molecule has 2 saturated carbocycles. The number of hydrogen-bond donors (Lipinski definition) is 3. The highest BCUT2D eigenvalue weighted by molar-refractivity contribution is 6.06. The van der Waals surface area contributed by atoms with E-state index >= 15 is 0 Å². The fourth-order valence-electron chi connectivity index (χ4n) is 6.88. The Bertz CT molecular complexity index is 1070. The van der Waals surface area contributed by atoms with Crippen molar-refractivity contribution in [2.45, 2.75) is 55.3 Å². The summed E-state index contributed by atoms with van der Waals surface area (Å²) in [5.41, 5.74) is -0.644. The number of amides is 1. The number of phenolic OH excluding ortho intramolecular Hbond substituents is 1. The Balaban J connectivity index is 1.43. The van der Waals surface area contributed by atoms with Gasteiger partial charge in [0.1, 0.15) is 12.5 Å². The van der Waals surface area contributed by atoms with Gasteiger partial charge in [0.25, 0.3) is 0 Å². The van der Waals surface area contributed by atoms with Crippen molar-refractivity contribution in [2.75, 3.05) is 26.7 Å². The number of carbonyl (C=O) groups is 3. The van der Waals surface area contributed by atoms with Gasteiger partial charge in [0.2, 0.25) is 5.91 Å². The first-order valence-electron chi connectivity index (χ1n) is 11.7. The van der Waals surface area contributed by atoms with Gasteiger partial charge < -0.3 is 25.0 Å². The second-order valence-corrected chi connectivity index (χ2v) is 10.2. The second kappa shape index (κ2) is 6.93. The van der Waals surface area contributed by atoms with Gasteiger partial charge in [-0.1, -0.05) is 6.07 Å². The molecule has 1 spiro atoms. The average molecular weight is 456 g/mol. The van der Waals surface area contributed by atoms with Crippen LogP contribution in [0.5, 0.6) is 11.5 Å². The van der Waals surface area contributed by atoms with Crippen molar-refractivity contribution in [2.24, 2.45) is 11.8 Å². The van der Waals surface area contributed by atoms with Crippen molar-refractivity contribution in [3.63, 3.8) is 0 Å². The number of phenols is 1. The van der Waals surface area contributed by atoms with Gasteiger partial charge in [-0.2, -0.15) is 0 Å². The number of carbonyl (C=O) groups excluding carboxylic acids is 3. The Morgan fingerprint density at radius 2 is 2.12 bits per heavy atom. The van der Waals surface area contributed by atoms with E-state index in [0.717, 1.165) is 24.2 Å². The van der Waals surface area contributed by atoms with Crippen LogP contribution in [0.25, 0.3) is 0 Å². The minimum atomic E-state index is -1.38. The van der Waals surface area contributed by atoms with Gasteiger partial charge in [-0.15, -0.1) is 0 Å². The summed E-state index contributed by atoms with van der Waals surface area (Å²) in [6.07, 6.45) is 2.35. The number of esters is 1. The molecule has 2 aliphatic heterocycles. The Kier molecular flexibility index (Phi) is 4.39. The first-order chi connectivity index (χ1) is 15.8. The molecule has 9 heteroatoms. The van der Waals surface area contributed by atoms with Crippen LogP contribution in [0, 0.1) is 11.8 Å². The highest BCUT2D eigenvalue weighted by atomic mass is 16.5. The summed E-state index contributed by atoms with van der Waals surface area (Å²) in [6, 6.07) is 3.19. The zero-order valence-electron chi connectivity index (χ0n) is 18.5. The molecule has 5 atom stereocenters. The van der Waals surface area contributed by atoms with E-state index in [1.165, 1.54) is 20.0 Å². The molecule has 2 bridgehead atoms. The summed E-state index contributed by atoms with van der Waals surface area (Å²) in [4.78, 5) is 40.5. The molecular formula is C24H28N2O7. The molecular weight excluding hydrogens is 428 g/mol. The molecule has 2 heterocycles. The van der Waals surface area contributed by atoms with E-state index in [0.29, 0.717) is 18.8 Å². The van der Waals surface area contributed by atoms with Gasteiger partial charge >= 0.3 is 5.97 Å². The van der Waals surface area contributed by atoms with Gasteiger partial charge in [-0.05, 0) is 56.2 Å². The number of piperidine rings is 1. The summed E-state index contributed by atoms with van der Waals surface area (Å²) >= 11 is 0. The van der Waals surface area contributed by atoms with Gasteiger partial charge in [0, 0.05) is 18.2 Å². The number of methoxy groups -OCH3 is 1. The van der Waals surface area contributed by atoms with E-state index in [9.17, 15) is 24.6 Å². The first-order valence-corrected chi connectivity index (χ1v) is 11.7. The summed E-state index contributed by atoms with van der Waals surface area (Å²) in [7, 11) is 1.22. The Hall–Kier alpha value is -2.65. The SMILES string of the molecule is COC(=O)CNC(=O)C1C[C@@]2(O)[C@H]3Cc4ccc(O)c5c4[C@@]2(CCN3CC2CC2)[C@@H](O5)C1=O. The number of aliphatic hydroxyl groups is 1. The Labute approximate surface area is 191 Å². The minimum absolute atomic E-state index is 0.0426. The minimum Gasteiger partial charge on any atom is -0.504 e. The van der Waals surface area contributed by atoms with Crippen LogP contribution in [-0.2, 0) is 31.0 Å². The molecule has 33 heavy (non-hydrogen) atoms. The molecule has 3 aliphatic carbocycles. The number of rotatable bonds is 5. The third-order valence-electron chi connectivity index (χ3n) is 8.58. The van der Waals surface area contributed by atoms with Crippen molar-refractivity contribution in [3.8, 4) is 11.5 Å². The fraction of sp³-hybridized carbons (Fsp3) is 0.625. The normalized spacial score (nSPS) is 36.1. The lowest BCUT2D eigenvalue weighted by Crippen LogP contribution is -2.78. The number of aromatic hydroxyl groups is 1. The van der Waals surface area contributed by atoms with Crippen LogP contribution < -0.4 is 10.1 Å². The van der Waals surface area contributed by atoms with E-state index in [4.69, 9.17) is 4.74 Å². The van der Waals surface area contributed by atoms with Crippen LogP contribution >= 0.6 is 0 Å². The lowest BCUT2D eigenvalue weighted by atomic mass is 9.47. The molecule has 176 valence electrons. The van der Waals surface area contributed by atoms with Crippen LogP contribution in [0.15, 0.2) is 12.1 Å². The molecule has 3 N–H and O–H groups in total. The maximum Gasteiger partial charge on any atom is 0.325 e. The zero-order chi connectivity index (χ0) is 23.1. The molecule has 5 aliphatic rings. The lowest BCUT2D eigenvalue weighted by molar-refractivity contribution is -0.198. The van der Waals surface area contributed by atoms with Gasteiger partial charge in [-0.3, -0.25) is 19.3 Å². The standard InChI is InChI=1S/C24H28N2O7/c1-32-17(28)10-25-22(30)14-9-24(31)16-8-13-4-5-15(27)20-18(13)23(24,21(33-20)19(14)29)6-7-26(16)11-12-2-3-12/h4-5,12,14,16,21,27,31H,2-3,6-11H2,1H3,(H,25,30)/t14?,16-,21+,23+,24-/m1/s1. The number of Topliss-reactive ketones (excluding diaryl/α,β-unsaturated/α-hetero) is 1. The fourth-order valence-corrected chi connectivity index (χ4v) is 6.88. The highest BCUT2D eigenvalue weighted by Crippen LogP contribution is 2.65. The van der Waals surface area contributed by atoms with Crippen molar-refractivity contribution < 1.29 is 34.1 Å². The van der Waals surface area contributed by atoms with Crippen LogP contribution in [0.2, 0.25) is 0 Å². The van der Waals surface area contributed by atoms with Gasteiger partial charge in [0.15, 0.2) is 23.4 Å². The van der Waals surface area contributed by atoms with E-state index < -0.39 is 40.7 Å². The molecule has 6 rings (SSSR count). The predicted octanol–water partition coefficient (Wildman–Crippen LogP) is 0.0407. The van der Waals surface area contributed by atoms with Crippen LogP contribution in [0.1, 0.15) is 36.8 Å². The molecule has 1 aromatic carbocycles. The third kappa shape index (κ3) is 2.69. The molecule has 3 fully saturated rings. The van der Waals surface area contributed by atoms with Crippen molar-refractivity contribution in [1.82, 2.24) is 10.2 Å². The number of ether oxygens (including phenoxy) is 2. The Morgan fingerprint density at radius 3 is 2.85 bits per heavy atom. The van der Waals surface area contributed by atoms with Crippen LogP contribution in [0.4, 0.5) is 0 Å². The molecule has 1 unspecified atom stereocenters. The first kappa shape index (κ1) is 20.9. The van der Waals surface area contributed by atoms with E-state index in [2.05, 4.69) is 15.0 Å². The van der Waals surface area contributed by atoms with E-state index in [1.54, 1.807) is 6.07 Å². The van der Waals surface area contributed by atoms with Crippen LogP contribution in [0.3, 0.4) is 0 Å².